The van der Waals surface area contributed by atoms with E-state index >= 15 is 0 Å². The molecule has 0 aromatic carbocycles. The molecule has 1 aliphatic heterocycles. The SMILES string of the molecule is Fc1cc(Br)cnc1NCCOC1CCNCC1. The summed E-state index contributed by atoms with van der Waals surface area (Å²) in [5.41, 5.74) is 0. The number of nitrogens with one attached hydrogen (secondary N) is 2. The topological polar surface area (TPSA) is 46.2 Å². The molecular formula is C12H17BrFN3O. The summed E-state index contributed by atoms with van der Waals surface area (Å²) >= 11 is 3.17. The zero-order chi connectivity index (χ0) is 12.8. The Hall–Kier alpha value is -0.720. The second-order valence-electron chi connectivity index (χ2n) is 4.23. The number of ether oxygens (including phenoxy) is 1. The van der Waals surface area contributed by atoms with Crippen LogP contribution in [0.1, 0.15) is 12.8 Å². The van der Waals surface area contributed by atoms with E-state index in [9.17, 15) is 4.39 Å². The van der Waals surface area contributed by atoms with E-state index in [0.717, 1.165) is 25.9 Å². The van der Waals surface area contributed by atoms with Crippen LogP contribution in [0.15, 0.2) is 16.7 Å². The lowest BCUT2D eigenvalue weighted by Crippen LogP contribution is -2.33. The van der Waals surface area contributed by atoms with Crippen molar-refractivity contribution in [1.82, 2.24) is 10.3 Å². The molecule has 0 aliphatic carbocycles. The first-order valence-corrected chi connectivity index (χ1v) is 6.92. The van der Waals surface area contributed by atoms with Gasteiger partial charge >= 0.3 is 0 Å². The molecule has 0 saturated carbocycles. The largest absolute Gasteiger partial charge is 0.376 e. The second kappa shape index (κ2) is 7.01. The predicted molar refractivity (Wildman–Crippen MR) is 72.2 cm³/mol. The maximum atomic E-state index is 13.4. The number of piperidine rings is 1. The Labute approximate surface area is 114 Å². The van der Waals surface area contributed by atoms with Crippen LogP contribution in [0.4, 0.5) is 10.2 Å². The fraction of sp³-hybridized carbons (Fsp3) is 0.583. The van der Waals surface area contributed by atoms with Crippen LogP contribution >= 0.6 is 15.9 Å². The summed E-state index contributed by atoms with van der Waals surface area (Å²) in [5.74, 6) is -0.0849. The Bertz CT molecular complexity index is 386. The maximum absolute atomic E-state index is 13.4. The molecule has 1 aromatic rings. The normalized spacial score (nSPS) is 16.8. The van der Waals surface area contributed by atoms with E-state index in [1.165, 1.54) is 6.07 Å². The molecule has 1 fully saturated rings. The molecule has 6 heteroatoms. The summed E-state index contributed by atoms with van der Waals surface area (Å²) in [7, 11) is 0. The Balaban J connectivity index is 1.68. The van der Waals surface area contributed by atoms with Crippen molar-refractivity contribution in [2.24, 2.45) is 0 Å². The van der Waals surface area contributed by atoms with Crippen LogP contribution in [0.3, 0.4) is 0 Å². The van der Waals surface area contributed by atoms with Gasteiger partial charge in [0.2, 0.25) is 0 Å². The molecule has 18 heavy (non-hydrogen) atoms. The zero-order valence-electron chi connectivity index (χ0n) is 10.1. The molecule has 2 rings (SSSR count). The van der Waals surface area contributed by atoms with Crippen molar-refractivity contribution in [3.63, 3.8) is 0 Å². The van der Waals surface area contributed by atoms with E-state index < -0.39 is 0 Å². The third-order valence-corrected chi connectivity index (χ3v) is 3.28. The lowest BCUT2D eigenvalue weighted by atomic mass is 10.1. The van der Waals surface area contributed by atoms with E-state index in [4.69, 9.17) is 4.74 Å². The van der Waals surface area contributed by atoms with Gasteiger partial charge in [0.05, 0.1) is 12.7 Å². The van der Waals surface area contributed by atoms with Gasteiger partial charge in [-0.3, -0.25) is 0 Å². The summed E-state index contributed by atoms with van der Waals surface area (Å²) in [6.07, 6.45) is 3.99. The van der Waals surface area contributed by atoms with Gasteiger partial charge in [-0.15, -0.1) is 0 Å². The molecule has 1 saturated heterocycles. The van der Waals surface area contributed by atoms with Crippen molar-refractivity contribution >= 4 is 21.7 Å². The van der Waals surface area contributed by atoms with Crippen LogP contribution in [0.2, 0.25) is 0 Å². The molecule has 0 atom stereocenters. The molecule has 1 aromatic heterocycles. The van der Waals surface area contributed by atoms with Crippen LogP contribution in [-0.4, -0.2) is 37.3 Å². The third kappa shape index (κ3) is 4.19. The number of anilines is 1. The fourth-order valence-electron chi connectivity index (χ4n) is 1.90. The Morgan fingerprint density at radius 1 is 1.50 bits per heavy atom. The van der Waals surface area contributed by atoms with Crippen molar-refractivity contribution in [2.75, 3.05) is 31.6 Å². The number of nitrogens with zero attached hydrogens (tertiary/aromatic N) is 1. The summed E-state index contributed by atoms with van der Waals surface area (Å²) in [5, 5.41) is 6.22. The molecule has 0 unspecified atom stereocenters. The molecule has 0 radical (unpaired) electrons. The van der Waals surface area contributed by atoms with Crippen molar-refractivity contribution in [3.8, 4) is 0 Å². The standard InChI is InChI=1S/C12H17BrFN3O/c13-9-7-11(14)12(17-8-9)16-5-6-18-10-1-3-15-4-2-10/h7-8,10,15H,1-6H2,(H,16,17). The minimum atomic E-state index is -0.355. The number of aromatic nitrogens is 1. The van der Waals surface area contributed by atoms with Crippen LogP contribution in [0.5, 0.6) is 0 Å². The van der Waals surface area contributed by atoms with E-state index in [1.807, 2.05) is 0 Å². The minimum Gasteiger partial charge on any atom is -0.376 e. The fourth-order valence-corrected chi connectivity index (χ4v) is 2.21. The van der Waals surface area contributed by atoms with Gasteiger partial charge in [0.25, 0.3) is 0 Å². The van der Waals surface area contributed by atoms with Gasteiger partial charge in [0.1, 0.15) is 0 Å². The Kier molecular flexibility index (Phi) is 5.34. The minimum absolute atomic E-state index is 0.270. The average molecular weight is 318 g/mol. The highest BCUT2D eigenvalue weighted by atomic mass is 79.9. The first kappa shape index (κ1) is 13.7. The maximum Gasteiger partial charge on any atom is 0.166 e. The molecule has 2 N–H and O–H groups in total. The smallest absolute Gasteiger partial charge is 0.166 e. The van der Waals surface area contributed by atoms with Crippen LogP contribution in [0.25, 0.3) is 0 Å². The van der Waals surface area contributed by atoms with Crippen molar-refractivity contribution in [1.29, 1.82) is 0 Å². The van der Waals surface area contributed by atoms with Gasteiger partial charge in [-0.1, -0.05) is 0 Å². The number of rotatable bonds is 5. The van der Waals surface area contributed by atoms with E-state index in [-0.39, 0.29) is 11.6 Å². The Morgan fingerprint density at radius 3 is 3.00 bits per heavy atom. The molecule has 2 heterocycles. The average Bonchev–Trinajstić information content (AvgIpc) is 2.38. The van der Waals surface area contributed by atoms with Gasteiger partial charge in [-0.2, -0.15) is 0 Å². The van der Waals surface area contributed by atoms with Crippen LogP contribution in [0, 0.1) is 5.82 Å². The van der Waals surface area contributed by atoms with E-state index in [0.29, 0.717) is 23.7 Å². The number of pyridine rings is 1. The summed E-state index contributed by atoms with van der Waals surface area (Å²) in [6, 6.07) is 1.39. The quantitative estimate of drug-likeness (QED) is 0.817. The highest BCUT2D eigenvalue weighted by Crippen LogP contribution is 2.15. The molecule has 0 bridgehead atoms. The number of hydrogen-bond donors (Lipinski definition) is 2. The van der Waals surface area contributed by atoms with Crippen molar-refractivity contribution in [3.05, 3.63) is 22.6 Å². The number of hydrogen-bond acceptors (Lipinski definition) is 4. The van der Waals surface area contributed by atoms with Crippen LogP contribution in [-0.2, 0) is 4.74 Å². The second-order valence-corrected chi connectivity index (χ2v) is 5.15. The molecule has 1 aliphatic rings. The number of halogens is 2. The van der Waals surface area contributed by atoms with Gasteiger partial charge in [0.15, 0.2) is 11.6 Å². The van der Waals surface area contributed by atoms with Gasteiger partial charge in [0, 0.05) is 17.2 Å². The lowest BCUT2D eigenvalue weighted by Gasteiger charge is -2.23. The zero-order valence-corrected chi connectivity index (χ0v) is 11.7. The lowest BCUT2D eigenvalue weighted by molar-refractivity contribution is 0.0394. The summed E-state index contributed by atoms with van der Waals surface area (Å²) in [4.78, 5) is 3.96. The summed E-state index contributed by atoms with van der Waals surface area (Å²) in [6.45, 7) is 3.17. The Morgan fingerprint density at radius 2 is 2.28 bits per heavy atom. The molecule has 0 amide bonds. The van der Waals surface area contributed by atoms with E-state index in [2.05, 4.69) is 31.5 Å². The van der Waals surface area contributed by atoms with Crippen molar-refractivity contribution < 1.29 is 9.13 Å². The molecule has 0 spiro atoms. The van der Waals surface area contributed by atoms with Crippen molar-refractivity contribution in [2.45, 2.75) is 18.9 Å². The monoisotopic (exact) mass is 317 g/mol. The summed E-state index contributed by atoms with van der Waals surface area (Å²) < 4.78 is 19.8. The predicted octanol–water partition coefficient (Wildman–Crippen LogP) is 2.16. The highest BCUT2D eigenvalue weighted by Gasteiger charge is 2.12. The highest BCUT2D eigenvalue weighted by molar-refractivity contribution is 9.10. The van der Waals surface area contributed by atoms with Gasteiger partial charge in [-0.25, -0.2) is 9.37 Å². The molecule has 4 nitrogen and oxygen atoms in total. The van der Waals surface area contributed by atoms with E-state index in [1.54, 1.807) is 6.20 Å². The first-order valence-electron chi connectivity index (χ1n) is 6.13. The van der Waals surface area contributed by atoms with Gasteiger partial charge < -0.3 is 15.4 Å². The molecule has 100 valence electrons. The third-order valence-electron chi connectivity index (χ3n) is 2.84. The van der Waals surface area contributed by atoms with Gasteiger partial charge in [-0.05, 0) is 47.9 Å². The molecular weight excluding hydrogens is 301 g/mol. The van der Waals surface area contributed by atoms with Crippen LogP contribution < -0.4 is 10.6 Å². The first-order chi connectivity index (χ1) is 8.75.